The lowest BCUT2D eigenvalue weighted by molar-refractivity contribution is 0.225. The lowest BCUT2D eigenvalue weighted by Crippen LogP contribution is -2.17. The number of benzene rings is 1. The molecule has 94 valence electrons. The summed E-state index contributed by atoms with van der Waals surface area (Å²) in [6.07, 6.45) is 3.23. The Morgan fingerprint density at radius 2 is 2.18 bits per heavy atom. The SMILES string of the molecule is NCCC1(COc2cc(F)c(Cl)cc2Br)CC1. The Morgan fingerprint density at radius 1 is 1.47 bits per heavy atom. The van der Waals surface area contributed by atoms with Crippen molar-refractivity contribution in [2.24, 2.45) is 11.1 Å². The third-order valence-electron chi connectivity index (χ3n) is 3.14. The summed E-state index contributed by atoms with van der Waals surface area (Å²) in [5.41, 5.74) is 5.77. The average Bonchev–Trinajstić information content (AvgIpc) is 3.03. The van der Waals surface area contributed by atoms with E-state index in [0.29, 0.717) is 23.4 Å². The van der Waals surface area contributed by atoms with Crippen LogP contribution in [0.1, 0.15) is 19.3 Å². The van der Waals surface area contributed by atoms with E-state index in [-0.39, 0.29) is 10.4 Å². The van der Waals surface area contributed by atoms with Crippen LogP contribution in [0.2, 0.25) is 5.02 Å². The van der Waals surface area contributed by atoms with Gasteiger partial charge in [0.15, 0.2) is 0 Å². The van der Waals surface area contributed by atoms with Crippen molar-refractivity contribution in [3.63, 3.8) is 0 Å². The molecule has 0 amide bonds. The van der Waals surface area contributed by atoms with Gasteiger partial charge in [-0.15, -0.1) is 0 Å². The van der Waals surface area contributed by atoms with Crippen LogP contribution in [0.25, 0.3) is 0 Å². The van der Waals surface area contributed by atoms with E-state index >= 15 is 0 Å². The fraction of sp³-hybridized carbons (Fsp3) is 0.500. The predicted octanol–water partition coefficient (Wildman–Crippen LogP) is 3.75. The van der Waals surface area contributed by atoms with Gasteiger partial charge in [-0.05, 0) is 47.8 Å². The second-order valence-electron chi connectivity index (χ2n) is 4.52. The van der Waals surface area contributed by atoms with Crippen LogP contribution < -0.4 is 10.5 Å². The van der Waals surface area contributed by atoms with Crippen LogP contribution in [0.5, 0.6) is 5.75 Å². The van der Waals surface area contributed by atoms with E-state index < -0.39 is 5.82 Å². The molecule has 0 aliphatic heterocycles. The van der Waals surface area contributed by atoms with Crippen LogP contribution in [0.3, 0.4) is 0 Å². The Labute approximate surface area is 113 Å². The molecule has 0 spiro atoms. The van der Waals surface area contributed by atoms with Gasteiger partial charge in [0.1, 0.15) is 11.6 Å². The molecule has 0 unspecified atom stereocenters. The van der Waals surface area contributed by atoms with Gasteiger partial charge in [0, 0.05) is 11.5 Å². The molecular weight excluding hydrogens is 308 g/mol. The van der Waals surface area contributed by atoms with Gasteiger partial charge in [-0.2, -0.15) is 0 Å². The summed E-state index contributed by atoms with van der Waals surface area (Å²) in [4.78, 5) is 0. The minimum absolute atomic E-state index is 0.0901. The van der Waals surface area contributed by atoms with Gasteiger partial charge in [-0.25, -0.2) is 4.39 Å². The first kappa shape index (κ1) is 13.1. The van der Waals surface area contributed by atoms with Crippen molar-refractivity contribution in [1.82, 2.24) is 0 Å². The molecule has 2 N–H and O–H groups in total. The molecule has 0 saturated heterocycles. The smallest absolute Gasteiger partial charge is 0.145 e. The molecular formula is C12H14BrClFNO. The molecule has 0 atom stereocenters. The molecule has 1 saturated carbocycles. The predicted molar refractivity (Wildman–Crippen MR) is 69.9 cm³/mol. The number of halogens is 3. The molecule has 1 aliphatic rings. The van der Waals surface area contributed by atoms with Crippen LogP contribution >= 0.6 is 27.5 Å². The van der Waals surface area contributed by atoms with Crippen LogP contribution in [0.4, 0.5) is 4.39 Å². The normalized spacial score (nSPS) is 16.9. The summed E-state index contributed by atoms with van der Waals surface area (Å²) >= 11 is 8.97. The van der Waals surface area contributed by atoms with Crippen molar-refractivity contribution < 1.29 is 9.13 Å². The zero-order valence-electron chi connectivity index (χ0n) is 9.31. The van der Waals surface area contributed by atoms with Crippen molar-refractivity contribution >= 4 is 27.5 Å². The number of ether oxygens (including phenoxy) is 1. The van der Waals surface area contributed by atoms with E-state index in [0.717, 1.165) is 19.3 Å². The number of rotatable bonds is 5. The van der Waals surface area contributed by atoms with E-state index in [1.54, 1.807) is 0 Å². The lowest BCUT2D eigenvalue weighted by Gasteiger charge is -2.16. The minimum atomic E-state index is -0.464. The first-order valence-corrected chi connectivity index (χ1v) is 6.71. The summed E-state index contributed by atoms with van der Waals surface area (Å²) in [5.74, 6) is 0.0312. The first-order chi connectivity index (χ1) is 8.06. The van der Waals surface area contributed by atoms with Gasteiger partial charge in [-0.3, -0.25) is 0 Å². The molecule has 0 bridgehead atoms. The molecule has 1 fully saturated rings. The van der Waals surface area contributed by atoms with E-state index in [2.05, 4.69) is 15.9 Å². The third-order valence-corrected chi connectivity index (χ3v) is 4.05. The molecule has 1 aliphatic carbocycles. The maximum atomic E-state index is 13.3. The highest BCUT2D eigenvalue weighted by atomic mass is 79.9. The summed E-state index contributed by atoms with van der Waals surface area (Å²) in [5, 5.41) is 0.0901. The number of hydrogen-bond acceptors (Lipinski definition) is 2. The molecule has 2 rings (SSSR count). The highest BCUT2D eigenvalue weighted by Crippen LogP contribution is 2.49. The zero-order chi connectivity index (χ0) is 12.5. The Kier molecular flexibility index (Phi) is 3.95. The van der Waals surface area contributed by atoms with E-state index in [4.69, 9.17) is 22.1 Å². The molecule has 0 radical (unpaired) electrons. The Hall–Kier alpha value is -0.320. The number of hydrogen-bond donors (Lipinski definition) is 1. The van der Waals surface area contributed by atoms with E-state index in [1.165, 1.54) is 12.1 Å². The summed E-state index contributed by atoms with van der Waals surface area (Å²) in [7, 11) is 0. The summed E-state index contributed by atoms with van der Waals surface area (Å²) in [6, 6.07) is 2.82. The monoisotopic (exact) mass is 321 g/mol. The van der Waals surface area contributed by atoms with Crippen molar-refractivity contribution in [2.75, 3.05) is 13.2 Å². The third kappa shape index (κ3) is 3.12. The maximum absolute atomic E-state index is 13.3. The van der Waals surface area contributed by atoms with Gasteiger partial charge < -0.3 is 10.5 Å². The summed E-state index contributed by atoms with van der Waals surface area (Å²) < 4.78 is 19.6. The second kappa shape index (κ2) is 5.12. The van der Waals surface area contributed by atoms with E-state index in [9.17, 15) is 4.39 Å². The highest BCUT2D eigenvalue weighted by Gasteiger charge is 2.42. The fourth-order valence-electron chi connectivity index (χ4n) is 1.80. The van der Waals surface area contributed by atoms with E-state index in [1.807, 2.05) is 0 Å². The van der Waals surface area contributed by atoms with Crippen molar-refractivity contribution in [1.29, 1.82) is 0 Å². The second-order valence-corrected chi connectivity index (χ2v) is 5.79. The van der Waals surface area contributed by atoms with Crippen LogP contribution in [-0.2, 0) is 0 Å². The molecule has 1 aromatic carbocycles. The van der Waals surface area contributed by atoms with Crippen LogP contribution in [-0.4, -0.2) is 13.2 Å². The topological polar surface area (TPSA) is 35.2 Å². The average molecular weight is 323 g/mol. The fourth-order valence-corrected chi connectivity index (χ4v) is 2.55. The molecule has 0 aromatic heterocycles. The Balaban J connectivity index is 2.02. The van der Waals surface area contributed by atoms with Gasteiger partial charge >= 0.3 is 0 Å². The zero-order valence-corrected chi connectivity index (χ0v) is 11.7. The lowest BCUT2D eigenvalue weighted by atomic mass is 10.0. The number of nitrogens with two attached hydrogens (primary N) is 1. The molecule has 2 nitrogen and oxygen atoms in total. The van der Waals surface area contributed by atoms with Gasteiger partial charge in [0.05, 0.1) is 16.1 Å². The van der Waals surface area contributed by atoms with Crippen LogP contribution in [0, 0.1) is 11.2 Å². The quantitative estimate of drug-likeness (QED) is 0.838. The molecule has 0 heterocycles. The van der Waals surface area contributed by atoms with Gasteiger partial charge in [-0.1, -0.05) is 11.6 Å². The highest BCUT2D eigenvalue weighted by molar-refractivity contribution is 9.10. The van der Waals surface area contributed by atoms with Gasteiger partial charge in [0.2, 0.25) is 0 Å². The Bertz CT molecular complexity index is 423. The van der Waals surface area contributed by atoms with Gasteiger partial charge in [0.25, 0.3) is 0 Å². The molecule has 1 aromatic rings. The summed E-state index contributed by atoms with van der Waals surface area (Å²) in [6.45, 7) is 1.25. The van der Waals surface area contributed by atoms with Crippen LogP contribution in [0.15, 0.2) is 16.6 Å². The largest absolute Gasteiger partial charge is 0.492 e. The first-order valence-electron chi connectivity index (χ1n) is 5.54. The standard InChI is InChI=1S/C12H14BrClFNO/c13-8-5-9(14)10(15)6-11(8)17-7-12(1-2-12)3-4-16/h5-6H,1-4,7,16H2. The Morgan fingerprint density at radius 3 is 2.76 bits per heavy atom. The molecule has 5 heteroatoms. The molecule has 17 heavy (non-hydrogen) atoms. The van der Waals surface area contributed by atoms with Crippen molar-refractivity contribution in [3.05, 3.63) is 27.4 Å². The van der Waals surface area contributed by atoms with Crippen molar-refractivity contribution in [2.45, 2.75) is 19.3 Å². The maximum Gasteiger partial charge on any atom is 0.145 e. The van der Waals surface area contributed by atoms with Crippen molar-refractivity contribution in [3.8, 4) is 5.75 Å². The minimum Gasteiger partial charge on any atom is -0.492 e.